The molecule has 2 saturated carbocycles. The quantitative estimate of drug-likeness (QED) is 0.00367. The van der Waals surface area contributed by atoms with Crippen molar-refractivity contribution in [2.75, 3.05) is 54.6 Å². The number of aldehydes is 1. The number of carboxylic acid groups (broad SMARTS) is 1. The van der Waals surface area contributed by atoms with Crippen LogP contribution in [0.4, 0.5) is 28.4 Å². The molecule has 3 aromatic heterocycles. The third kappa shape index (κ3) is 40.6. The minimum absolute atomic E-state index is 0. The Balaban J connectivity index is 0.000000272. The second-order valence-electron chi connectivity index (χ2n) is 35.9. The summed E-state index contributed by atoms with van der Waals surface area (Å²) in [5.41, 5.74) is 41.2. The van der Waals surface area contributed by atoms with E-state index in [0.29, 0.717) is 92.4 Å². The number of benzene rings is 11. The number of Topliss-reactive ketones (excluding diaryl/α,β-unsaturated/α-hetero) is 1. The van der Waals surface area contributed by atoms with Crippen molar-refractivity contribution in [3.63, 3.8) is 0 Å². The number of carbonyl (C=O) groups is 4. The summed E-state index contributed by atoms with van der Waals surface area (Å²) in [6, 6.07) is 93.0. The summed E-state index contributed by atoms with van der Waals surface area (Å²) in [4.78, 5) is 54.8. The van der Waals surface area contributed by atoms with E-state index < -0.39 is 43.9 Å². The number of hydrogen-bond donors (Lipinski definition) is 10. The zero-order valence-electron chi connectivity index (χ0n) is 84.4. The Morgan fingerprint density at radius 1 is 0.551 bits per heavy atom. The second-order valence-corrected chi connectivity index (χ2v) is 48.5. The number of carboxylic acids is 1. The molecule has 14 N–H and O–H groups in total. The van der Waals surface area contributed by atoms with Crippen LogP contribution in [0, 0.1) is 63.1 Å². The molecular weight excluding hydrogens is 1970 g/mol. The van der Waals surface area contributed by atoms with E-state index >= 15 is 0 Å². The summed E-state index contributed by atoms with van der Waals surface area (Å²) in [6.07, 6.45) is 12.0. The van der Waals surface area contributed by atoms with E-state index in [2.05, 4.69) is 193 Å². The van der Waals surface area contributed by atoms with Crippen molar-refractivity contribution in [3.05, 3.63) is 447 Å². The van der Waals surface area contributed by atoms with Crippen LogP contribution in [0.3, 0.4) is 0 Å². The largest absolute Gasteiger partial charge is 2.00 e. The molecule has 0 bridgehead atoms. The molecule has 3 heterocycles. The van der Waals surface area contributed by atoms with Crippen LogP contribution >= 0.6 is 21.4 Å². The smallest absolute Gasteiger partial charge is 1.00 e. The fourth-order valence-electron chi connectivity index (χ4n) is 15.3. The number of aromatic nitrogens is 6. The van der Waals surface area contributed by atoms with Crippen molar-refractivity contribution >= 4 is 147 Å². The van der Waals surface area contributed by atoms with Gasteiger partial charge in [0.25, 0.3) is 5.91 Å². The zero-order valence-corrected chi connectivity index (χ0v) is 90.9. The maximum absolute atomic E-state index is 13.5. The van der Waals surface area contributed by atoms with E-state index in [1.54, 1.807) is 146 Å². The minimum atomic E-state index is -1.67. The first-order valence-electron chi connectivity index (χ1n) is 47.1. The Hall–Kier alpha value is -13.7. The van der Waals surface area contributed by atoms with Gasteiger partial charge in [-0.1, -0.05) is 247 Å². The van der Waals surface area contributed by atoms with Crippen molar-refractivity contribution in [3.8, 4) is 23.1 Å². The summed E-state index contributed by atoms with van der Waals surface area (Å²) in [5.74, 6) is 0.258. The molecule has 2 aliphatic carbocycles. The molecule has 2 aliphatic rings. The van der Waals surface area contributed by atoms with Gasteiger partial charge in [0.15, 0.2) is 22.9 Å². The van der Waals surface area contributed by atoms with Gasteiger partial charge >= 0.3 is 29.0 Å². The van der Waals surface area contributed by atoms with Crippen molar-refractivity contribution < 1.29 is 51.1 Å². The maximum Gasteiger partial charge on any atom is 2.00 e. The Kier molecular flexibility index (Phi) is 51.7. The van der Waals surface area contributed by atoms with Gasteiger partial charge in [-0.3, -0.25) is 14.4 Å². The van der Waals surface area contributed by atoms with Crippen LogP contribution in [0.25, 0.3) is 51.1 Å². The summed E-state index contributed by atoms with van der Waals surface area (Å²) in [6.45, 7) is 54.5. The number of amides is 1. The number of nitrogens with zero attached hydrogens (tertiary/aromatic N) is 10. The van der Waals surface area contributed by atoms with E-state index in [4.69, 9.17) is 50.7 Å². The van der Waals surface area contributed by atoms with E-state index in [1.165, 1.54) is 52.4 Å². The molecule has 16 rings (SSSR count). The van der Waals surface area contributed by atoms with Gasteiger partial charge in [-0.2, -0.15) is 50.9 Å². The molecule has 147 heavy (non-hydrogen) atoms. The average Bonchev–Trinajstić information content (AvgIpc) is 1.43. The number of ketones is 1. The summed E-state index contributed by atoms with van der Waals surface area (Å²) < 4.78 is 16.3. The SMILES string of the molecule is C=Cc1cccc(C(O)c2cccc(N)c2)c1.C=Cc1cccc(C=O)c1.C[Si](C)(C)N(c1c[c-]ccc1)[Si](C)(C)C.Cc1cc(C(=O)O)n(-c2cccc(C#N)c2)n1.NCC1CC1.NCCNCCN.O=S(Cl)Cl.[C-]#[N+]c1cccc(-n2nc(C)cc2C(=O)Cc2cccc(C(NCC3CC3)c3cccc(C=C)c3)c2)c1.[C-]#[N+]c1cccc(-n2nc(C)cc2C(=O)Nc2cccc(C(O)c3cccc(C=C)c3)c2)c1.[Cl-].[Mg+2]. The number of aromatic carboxylic acids is 1. The first kappa shape index (κ1) is 122. The number of nitrogens with two attached hydrogens (primary N) is 4. The number of aliphatic hydroxyl groups is 2. The average molecular weight is 2100 g/mol. The first-order valence-corrected chi connectivity index (χ1v) is 56.8. The molecule has 14 aromatic rings. The molecule has 1 amide bonds. The number of carbonyl (C=O) groups excluding carboxylic acids is 3. The molecular formula is C115H128Cl3MgN17O8SSi2. The van der Waals surface area contributed by atoms with Crippen LogP contribution in [-0.2, 0) is 15.6 Å². The Morgan fingerprint density at radius 3 is 1.41 bits per heavy atom. The van der Waals surface area contributed by atoms with Crippen LogP contribution in [-0.4, -0.2) is 152 Å². The van der Waals surface area contributed by atoms with E-state index in [0.717, 1.165) is 100 Å². The molecule has 3 atom stereocenters. The van der Waals surface area contributed by atoms with Crippen LogP contribution < -0.4 is 55.5 Å². The van der Waals surface area contributed by atoms with Gasteiger partial charge in [0.05, 0.1) is 65.0 Å². The van der Waals surface area contributed by atoms with Crippen LogP contribution in [0.15, 0.2) is 311 Å². The van der Waals surface area contributed by atoms with Gasteiger partial charge in [-0.25, -0.2) is 32.7 Å². The number of aliphatic hydroxyl groups excluding tert-OH is 2. The number of nitrogens with one attached hydrogen (secondary N) is 3. The van der Waals surface area contributed by atoms with Crippen LogP contribution in [0.1, 0.15) is 170 Å². The number of aryl methyl sites for hydroxylation is 3. The number of nitriles is 1. The molecule has 758 valence electrons. The Bertz CT molecular complexity index is 6800. The molecule has 25 nitrogen and oxygen atoms in total. The number of rotatable bonds is 31. The summed E-state index contributed by atoms with van der Waals surface area (Å²) >= 11 is 0. The number of halogens is 3. The fourth-order valence-corrected chi connectivity index (χ4v) is 25.2. The van der Waals surface area contributed by atoms with E-state index in [9.17, 15) is 29.4 Å². The molecule has 0 radical (unpaired) electrons. The zero-order chi connectivity index (χ0) is 106. The molecule has 2 fully saturated rings. The third-order valence-electron chi connectivity index (χ3n) is 22.2. The monoisotopic (exact) mass is 2090 g/mol. The van der Waals surface area contributed by atoms with Crippen molar-refractivity contribution in [1.29, 1.82) is 5.26 Å². The molecule has 0 spiro atoms. The summed E-state index contributed by atoms with van der Waals surface area (Å²) in [5, 5.41) is 61.7. The van der Waals surface area contributed by atoms with Gasteiger partial charge < -0.3 is 70.8 Å². The molecule has 11 aromatic carbocycles. The van der Waals surface area contributed by atoms with Gasteiger partial charge in [0.1, 0.15) is 46.4 Å². The van der Waals surface area contributed by atoms with Crippen molar-refractivity contribution in [2.24, 2.45) is 29.0 Å². The standard InChI is InChI=1S/C32H30N4O.C27H22N4O2.C15H15NO.C12H9N3O2.C12H22NSi2.C9H8O.C4H13N3.C4H9N.Cl2OS.ClH.Mg/c1-4-23-8-5-10-26(17-23)32(34-21-24-14-15-24)27-11-6-9-25(18-27)19-31(37)30-16-22(2)35-36(30)29-13-7-12-28(20-29)33-3;1-4-19-8-5-9-20(15-19)26(32)21-10-6-12-23(16-21)29-27(33)25-14-18(2)30-31(25)24-13-7-11-22(17-24)28-3;1-2-11-5-3-6-12(9-11)15(17)13-7-4-8-14(16)10-13;1-8-5-11(12(16)17)15(14-8)10-4-2-3-9(6-10)7-13;1-14(2,3)13(15(4,5)6)12-10-8-7-9-11-12;1-2-8-4-3-5-9(6-8)7-10;5-1-3-7-4-2-6;5-3-4-1-2-4;1-4(2)3;;/h4-13,16-18,20,24,32,34H,1,14-15,19,21H2,2H3;4-17,26,32H,1H2,2H3,(H,29,33);2-10,15,17H,1,16H2;2-6H,1H3,(H,16,17);7-8,10-11H,1-6H3;2-7H,1H2;7H,1-6H2;4H,1-3,5H2;;1H;/q;;;;-1;;;;;;+2/p-1. The predicted octanol–water partition coefficient (Wildman–Crippen LogP) is 20.0. The normalized spacial score (nSPS) is 11.9. The van der Waals surface area contributed by atoms with Gasteiger partial charge in [-0.05, 0) is 242 Å². The predicted molar refractivity (Wildman–Crippen MR) is 604 cm³/mol. The number of nitrogen functional groups attached to an aromatic ring is 1. The molecule has 32 heteroatoms. The van der Waals surface area contributed by atoms with Gasteiger partial charge in [0, 0.05) is 70.9 Å². The maximum atomic E-state index is 13.5. The molecule has 0 aliphatic heterocycles. The topological polar surface area (TPSA) is 375 Å². The first-order chi connectivity index (χ1) is 69.5. The van der Waals surface area contributed by atoms with Crippen molar-refractivity contribution in [2.45, 2.75) is 110 Å². The van der Waals surface area contributed by atoms with Crippen LogP contribution in [0.2, 0.25) is 39.3 Å². The fraction of sp³-hybridized carbons (Fsp3) is 0.217. The number of anilines is 3. The van der Waals surface area contributed by atoms with E-state index in [-0.39, 0.29) is 65.3 Å². The molecule has 0 saturated heterocycles. The van der Waals surface area contributed by atoms with Crippen molar-refractivity contribution in [1.82, 2.24) is 40.0 Å². The Labute approximate surface area is 900 Å². The second kappa shape index (κ2) is 62.3. The van der Waals surface area contributed by atoms with Gasteiger partial charge in [-0.15, -0.1) is 0 Å². The van der Waals surface area contributed by atoms with E-state index in [1.807, 2.05) is 134 Å². The minimum Gasteiger partial charge on any atom is -1.00 e. The number of hydrogen-bond acceptors (Lipinski definition) is 18. The van der Waals surface area contributed by atoms with Gasteiger partial charge in [0.2, 0.25) is 9.23 Å². The Morgan fingerprint density at radius 2 is 0.966 bits per heavy atom. The summed E-state index contributed by atoms with van der Waals surface area (Å²) in [7, 11) is 4.78. The third-order valence-corrected chi connectivity index (χ3v) is 29.4. The van der Waals surface area contributed by atoms with Crippen LogP contribution in [0.5, 0.6) is 0 Å². The molecule has 3 unspecified atom stereocenters.